The fraction of sp³-hybridized carbons (Fsp3) is 0.929. The summed E-state index contributed by atoms with van der Waals surface area (Å²) in [5.41, 5.74) is -0.180. The summed E-state index contributed by atoms with van der Waals surface area (Å²) in [4.78, 5) is 14.3. The molecule has 1 spiro atoms. The summed E-state index contributed by atoms with van der Waals surface area (Å²) < 4.78 is 5.64. The Balaban J connectivity index is 2.04. The van der Waals surface area contributed by atoms with Crippen molar-refractivity contribution in [1.82, 2.24) is 4.90 Å². The lowest BCUT2D eigenvalue weighted by Gasteiger charge is -2.36. The zero-order valence-corrected chi connectivity index (χ0v) is 11.4. The zero-order valence-electron chi connectivity index (χ0n) is 11.4. The van der Waals surface area contributed by atoms with Crippen molar-refractivity contribution in [1.29, 1.82) is 0 Å². The molecule has 3 heteroatoms. The van der Waals surface area contributed by atoms with Crippen molar-refractivity contribution in [3.05, 3.63) is 0 Å². The van der Waals surface area contributed by atoms with Gasteiger partial charge in [0.25, 0.3) is 0 Å². The minimum atomic E-state index is -0.334. The smallest absolute Gasteiger partial charge is 0.410 e. The van der Waals surface area contributed by atoms with Crippen LogP contribution in [0.1, 0.15) is 65.7 Å². The lowest BCUT2D eigenvalue weighted by atomic mass is 9.94. The monoisotopic (exact) mass is 239 g/mol. The molecule has 0 aromatic heterocycles. The van der Waals surface area contributed by atoms with E-state index < -0.39 is 0 Å². The molecule has 0 bridgehead atoms. The zero-order chi connectivity index (χ0) is 12.5. The summed E-state index contributed by atoms with van der Waals surface area (Å²) in [6.45, 7) is 6.92. The average molecular weight is 239 g/mol. The molecule has 0 aromatic carbocycles. The first-order valence-electron chi connectivity index (χ1n) is 7.00. The number of likely N-dealkylation sites (tertiary alicyclic amines) is 1. The summed E-state index contributed by atoms with van der Waals surface area (Å²) in [5.74, 6) is 0. The number of carbonyl (C=O) groups is 1. The summed E-state index contributed by atoms with van der Waals surface area (Å²) >= 11 is 0. The van der Waals surface area contributed by atoms with Gasteiger partial charge in [0.15, 0.2) is 0 Å². The van der Waals surface area contributed by atoms with Crippen molar-refractivity contribution >= 4 is 6.09 Å². The second-order valence-corrected chi connectivity index (χ2v) is 6.17. The fourth-order valence-electron chi connectivity index (χ4n) is 3.14. The second-order valence-electron chi connectivity index (χ2n) is 6.17. The molecule has 1 aliphatic heterocycles. The Morgan fingerprint density at radius 3 is 2.41 bits per heavy atom. The summed E-state index contributed by atoms with van der Waals surface area (Å²) in [7, 11) is 0. The van der Waals surface area contributed by atoms with Gasteiger partial charge in [-0.25, -0.2) is 4.79 Å². The molecule has 0 aromatic rings. The van der Waals surface area contributed by atoms with Gasteiger partial charge in [-0.1, -0.05) is 19.8 Å². The van der Waals surface area contributed by atoms with Crippen LogP contribution >= 0.6 is 0 Å². The van der Waals surface area contributed by atoms with Gasteiger partial charge in [0.1, 0.15) is 5.60 Å². The van der Waals surface area contributed by atoms with Crippen LogP contribution in [0, 0.1) is 0 Å². The lowest BCUT2D eigenvalue weighted by Crippen LogP contribution is -2.47. The van der Waals surface area contributed by atoms with Crippen LogP contribution in [0.15, 0.2) is 0 Å². The van der Waals surface area contributed by atoms with E-state index in [1.54, 1.807) is 0 Å². The van der Waals surface area contributed by atoms with E-state index in [0.29, 0.717) is 0 Å². The molecule has 98 valence electrons. The van der Waals surface area contributed by atoms with Crippen molar-refractivity contribution in [2.24, 2.45) is 0 Å². The Kier molecular flexibility index (Phi) is 3.37. The number of amides is 1. The number of carbonyl (C=O) groups excluding carboxylic acids is 1. The second kappa shape index (κ2) is 4.51. The molecule has 1 aliphatic carbocycles. The van der Waals surface area contributed by atoms with E-state index >= 15 is 0 Å². The van der Waals surface area contributed by atoms with Crippen LogP contribution in [0.3, 0.4) is 0 Å². The number of ether oxygens (including phenoxy) is 1. The molecule has 0 unspecified atom stereocenters. The van der Waals surface area contributed by atoms with E-state index in [0.717, 1.165) is 19.4 Å². The van der Waals surface area contributed by atoms with Crippen molar-refractivity contribution in [3.8, 4) is 0 Å². The molecular weight excluding hydrogens is 214 g/mol. The number of rotatable bonds is 2. The first kappa shape index (κ1) is 12.7. The molecular formula is C14H25NO2. The molecule has 17 heavy (non-hydrogen) atoms. The van der Waals surface area contributed by atoms with Gasteiger partial charge in [-0.2, -0.15) is 0 Å². The number of hydrogen-bond acceptors (Lipinski definition) is 2. The molecule has 1 heterocycles. The Morgan fingerprint density at radius 1 is 1.24 bits per heavy atom. The highest BCUT2D eigenvalue weighted by Crippen LogP contribution is 2.43. The largest absolute Gasteiger partial charge is 0.443 e. The van der Waals surface area contributed by atoms with Crippen molar-refractivity contribution in [2.45, 2.75) is 76.9 Å². The van der Waals surface area contributed by atoms with Gasteiger partial charge in [0.05, 0.1) is 0 Å². The predicted molar refractivity (Wildman–Crippen MR) is 68.0 cm³/mol. The highest BCUT2D eigenvalue weighted by Gasteiger charge is 2.46. The summed E-state index contributed by atoms with van der Waals surface area (Å²) in [6.07, 6.45) is 7.97. The third-order valence-electron chi connectivity index (χ3n) is 4.57. The summed E-state index contributed by atoms with van der Waals surface area (Å²) in [5, 5.41) is 0. The Morgan fingerprint density at radius 2 is 1.82 bits per heavy atom. The maximum absolute atomic E-state index is 12.3. The molecule has 0 N–H and O–H groups in total. The van der Waals surface area contributed by atoms with E-state index in [1.807, 2.05) is 18.7 Å². The van der Waals surface area contributed by atoms with Crippen LogP contribution in [-0.2, 0) is 4.74 Å². The lowest BCUT2D eigenvalue weighted by molar-refractivity contribution is -0.00276. The third kappa shape index (κ3) is 2.43. The summed E-state index contributed by atoms with van der Waals surface area (Å²) in [6, 6.07) is 0. The molecule has 0 atom stereocenters. The first-order valence-corrected chi connectivity index (χ1v) is 7.00. The Bertz CT molecular complexity index is 287. The van der Waals surface area contributed by atoms with Crippen LogP contribution in [-0.4, -0.2) is 28.7 Å². The Labute approximate surface area is 105 Å². The maximum Gasteiger partial charge on any atom is 0.410 e. The molecule has 0 radical (unpaired) electrons. The quantitative estimate of drug-likeness (QED) is 0.735. The predicted octanol–water partition coefficient (Wildman–Crippen LogP) is 3.72. The molecule has 1 saturated heterocycles. The first-order chi connectivity index (χ1) is 7.99. The van der Waals surface area contributed by atoms with E-state index in [4.69, 9.17) is 4.74 Å². The van der Waals surface area contributed by atoms with E-state index in [1.165, 1.54) is 32.1 Å². The fourth-order valence-corrected chi connectivity index (χ4v) is 3.14. The van der Waals surface area contributed by atoms with Crippen LogP contribution < -0.4 is 0 Å². The molecule has 1 saturated carbocycles. The number of hydrogen-bond donors (Lipinski definition) is 0. The standard InChI is InChI=1S/C14H25NO2/c1-4-13(2,3)17-12(16)15-11-7-10-14(15)8-5-6-9-14/h4-11H2,1-3H3. The van der Waals surface area contributed by atoms with E-state index in [-0.39, 0.29) is 17.2 Å². The van der Waals surface area contributed by atoms with Gasteiger partial charge in [0.2, 0.25) is 0 Å². The van der Waals surface area contributed by atoms with Crippen LogP contribution in [0.2, 0.25) is 0 Å². The average Bonchev–Trinajstić information content (AvgIpc) is 2.89. The van der Waals surface area contributed by atoms with Crippen molar-refractivity contribution in [2.75, 3.05) is 6.54 Å². The van der Waals surface area contributed by atoms with Gasteiger partial charge >= 0.3 is 6.09 Å². The van der Waals surface area contributed by atoms with Crippen molar-refractivity contribution in [3.63, 3.8) is 0 Å². The SMILES string of the molecule is CCC(C)(C)OC(=O)N1CCCC12CCCC2. The van der Waals surface area contributed by atoms with Gasteiger partial charge in [-0.05, 0) is 46.0 Å². The maximum atomic E-state index is 12.3. The highest BCUT2D eigenvalue weighted by atomic mass is 16.6. The van der Waals surface area contributed by atoms with Gasteiger partial charge in [-0.3, -0.25) is 0 Å². The van der Waals surface area contributed by atoms with Crippen LogP contribution in [0.25, 0.3) is 0 Å². The number of nitrogens with zero attached hydrogens (tertiary/aromatic N) is 1. The molecule has 2 rings (SSSR count). The molecule has 3 nitrogen and oxygen atoms in total. The van der Waals surface area contributed by atoms with Gasteiger partial charge < -0.3 is 9.64 Å². The highest BCUT2D eigenvalue weighted by molar-refractivity contribution is 5.69. The topological polar surface area (TPSA) is 29.5 Å². The van der Waals surface area contributed by atoms with Gasteiger partial charge in [-0.15, -0.1) is 0 Å². The van der Waals surface area contributed by atoms with E-state index in [9.17, 15) is 4.79 Å². The van der Waals surface area contributed by atoms with Crippen LogP contribution in [0.5, 0.6) is 0 Å². The normalized spacial score (nSPS) is 23.4. The van der Waals surface area contributed by atoms with Crippen LogP contribution in [0.4, 0.5) is 4.79 Å². The minimum absolute atomic E-state index is 0.0868. The molecule has 1 amide bonds. The minimum Gasteiger partial charge on any atom is -0.443 e. The van der Waals surface area contributed by atoms with E-state index in [2.05, 4.69) is 6.92 Å². The van der Waals surface area contributed by atoms with Gasteiger partial charge in [0, 0.05) is 12.1 Å². The van der Waals surface area contributed by atoms with Crippen molar-refractivity contribution < 1.29 is 9.53 Å². The Hall–Kier alpha value is -0.730. The molecule has 2 aliphatic rings. The third-order valence-corrected chi connectivity index (χ3v) is 4.57. The molecule has 2 fully saturated rings.